The van der Waals surface area contributed by atoms with Gasteiger partial charge in [0.15, 0.2) is 0 Å². The maximum atomic E-state index is 11.0. The first-order valence-corrected chi connectivity index (χ1v) is 6.00. The van der Waals surface area contributed by atoms with E-state index in [0.717, 1.165) is 19.3 Å². The van der Waals surface area contributed by atoms with Crippen LogP contribution in [0.4, 0.5) is 4.79 Å². The number of carbonyl (C=O) groups excluding carboxylic acids is 2. The van der Waals surface area contributed by atoms with E-state index in [-0.39, 0.29) is 10.5 Å². The van der Waals surface area contributed by atoms with E-state index in [9.17, 15) is 9.59 Å². The molecule has 0 aliphatic carbocycles. The van der Waals surface area contributed by atoms with Gasteiger partial charge in [-0.15, -0.1) is 0 Å². The molecule has 0 radical (unpaired) electrons. The highest BCUT2D eigenvalue weighted by Gasteiger charge is 2.03. The van der Waals surface area contributed by atoms with Gasteiger partial charge in [-0.25, -0.2) is 10.2 Å². The quantitative estimate of drug-likeness (QED) is 0.351. The SMILES string of the molecule is CCCCCC(=O)NNC(=O)OCI. The predicted molar refractivity (Wildman–Crippen MR) is 60.8 cm³/mol. The number of ether oxygens (including phenoxy) is 1. The summed E-state index contributed by atoms with van der Waals surface area (Å²) < 4.78 is 4.80. The average molecular weight is 314 g/mol. The average Bonchev–Trinajstić information content (AvgIpc) is 2.16. The lowest BCUT2D eigenvalue weighted by atomic mass is 10.2. The zero-order chi connectivity index (χ0) is 10.8. The minimum Gasteiger partial charge on any atom is -0.438 e. The van der Waals surface area contributed by atoms with Gasteiger partial charge in [0.1, 0.15) is 4.61 Å². The number of hydrogen-bond donors (Lipinski definition) is 2. The summed E-state index contributed by atoms with van der Waals surface area (Å²) in [6.45, 7) is 2.06. The van der Waals surface area contributed by atoms with Crippen molar-refractivity contribution >= 4 is 34.6 Å². The zero-order valence-corrected chi connectivity index (χ0v) is 10.3. The van der Waals surface area contributed by atoms with Gasteiger partial charge in [0.2, 0.25) is 5.91 Å². The molecule has 0 saturated carbocycles. The Kier molecular flexibility index (Phi) is 8.70. The van der Waals surface area contributed by atoms with Crippen LogP contribution in [-0.4, -0.2) is 16.6 Å². The first-order valence-electron chi connectivity index (χ1n) is 4.48. The zero-order valence-electron chi connectivity index (χ0n) is 8.14. The van der Waals surface area contributed by atoms with Gasteiger partial charge in [-0.1, -0.05) is 19.8 Å². The van der Waals surface area contributed by atoms with Crippen LogP contribution < -0.4 is 10.9 Å². The normalized spacial score (nSPS) is 9.29. The summed E-state index contributed by atoms with van der Waals surface area (Å²) in [5.41, 5.74) is 4.40. The summed E-state index contributed by atoms with van der Waals surface area (Å²) in [6.07, 6.45) is 2.72. The molecule has 0 atom stereocenters. The molecule has 0 heterocycles. The maximum absolute atomic E-state index is 11.0. The molecular formula is C8H15IN2O3. The second-order valence-corrected chi connectivity index (χ2v) is 3.29. The van der Waals surface area contributed by atoms with Crippen LogP contribution in [0.5, 0.6) is 0 Å². The number of unbranched alkanes of at least 4 members (excludes halogenated alkanes) is 2. The van der Waals surface area contributed by atoms with Gasteiger partial charge in [0, 0.05) is 6.42 Å². The van der Waals surface area contributed by atoms with E-state index >= 15 is 0 Å². The second kappa shape index (κ2) is 9.04. The van der Waals surface area contributed by atoms with Crippen molar-refractivity contribution in [3.8, 4) is 0 Å². The number of alkyl halides is 1. The maximum Gasteiger partial charge on any atom is 0.426 e. The molecule has 0 saturated heterocycles. The van der Waals surface area contributed by atoms with Crippen molar-refractivity contribution in [1.29, 1.82) is 0 Å². The third-order valence-corrected chi connectivity index (χ3v) is 1.81. The summed E-state index contributed by atoms with van der Waals surface area (Å²) in [4.78, 5) is 21.8. The van der Waals surface area contributed by atoms with Crippen LogP contribution in [0.25, 0.3) is 0 Å². The fraction of sp³-hybridized carbons (Fsp3) is 0.750. The van der Waals surface area contributed by atoms with E-state index in [1.54, 1.807) is 0 Å². The molecule has 82 valence electrons. The molecular weight excluding hydrogens is 299 g/mol. The number of hydrazine groups is 1. The van der Waals surface area contributed by atoms with Gasteiger partial charge >= 0.3 is 6.09 Å². The molecule has 0 bridgehead atoms. The fourth-order valence-corrected chi connectivity index (χ4v) is 1.09. The molecule has 6 heteroatoms. The van der Waals surface area contributed by atoms with Crippen molar-refractivity contribution in [3.05, 3.63) is 0 Å². The van der Waals surface area contributed by atoms with Crippen molar-refractivity contribution in [3.63, 3.8) is 0 Å². The number of nitrogens with one attached hydrogen (secondary N) is 2. The van der Waals surface area contributed by atoms with Gasteiger partial charge in [-0.2, -0.15) is 0 Å². The Morgan fingerprint density at radius 1 is 1.29 bits per heavy atom. The Balaban J connectivity index is 3.39. The third-order valence-electron chi connectivity index (χ3n) is 1.50. The number of halogens is 1. The minimum absolute atomic E-state index is 0.191. The summed E-state index contributed by atoms with van der Waals surface area (Å²) >= 11 is 1.89. The molecule has 0 aliphatic heterocycles. The highest BCUT2D eigenvalue weighted by atomic mass is 127. The molecule has 0 spiro atoms. The predicted octanol–water partition coefficient (Wildman–Crippen LogP) is 1.72. The number of carbonyl (C=O) groups is 2. The molecule has 0 unspecified atom stereocenters. The van der Waals surface area contributed by atoms with Crippen LogP contribution >= 0.6 is 22.6 Å². The number of amides is 2. The summed E-state index contributed by atoms with van der Waals surface area (Å²) in [7, 11) is 0. The molecule has 2 N–H and O–H groups in total. The number of rotatable bonds is 5. The van der Waals surface area contributed by atoms with Crippen molar-refractivity contribution in [2.75, 3.05) is 4.61 Å². The van der Waals surface area contributed by atoms with Gasteiger partial charge in [0.05, 0.1) is 0 Å². The molecule has 0 aromatic heterocycles. The standard InChI is InChI=1S/C8H15IN2O3/c1-2-3-4-5-7(12)10-11-8(13)14-6-9/h2-6H2,1H3,(H,10,12)(H,11,13). The summed E-state index contributed by atoms with van der Waals surface area (Å²) in [5.74, 6) is -0.191. The molecule has 14 heavy (non-hydrogen) atoms. The summed E-state index contributed by atoms with van der Waals surface area (Å²) in [5, 5.41) is 0. The van der Waals surface area contributed by atoms with Crippen LogP contribution in [0.15, 0.2) is 0 Å². The van der Waals surface area contributed by atoms with Gasteiger partial charge in [-0.05, 0) is 29.0 Å². The highest BCUT2D eigenvalue weighted by Crippen LogP contribution is 1.97. The Hall–Kier alpha value is -0.530. The van der Waals surface area contributed by atoms with Crippen molar-refractivity contribution < 1.29 is 14.3 Å². The first-order chi connectivity index (χ1) is 6.70. The molecule has 0 aliphatic rings. The van der Waals surface area contributed by atoms with Crippen molar-refractivity contribution in [2.45, 2.75) is 32.6 Å². The van der Waals surface area contributed by atoms with E-state index in [2.05, 4.69) is 22.5 Å². The second-order valence-electron chi connectivity index (χ2n) is 2.67. The van der Waals surface area contributed by atoms with Crippen LogP contribution in [0.2, 0.25) is 0 Å². The van der Waals surface area contributed by atoms with E-state index < -0.39 is 6.09 Å². The van der Waals surface area contributed by atoms with Gasteiger partial charge in [0.25, 0.3) is 0 Å². The van der Waals surface area contributed by atoms with E-state index in [1.165, 1.54) is 0 Å². The molecule has 2 amide bonds. The smallest absolute Gasteiger partial charge is 0.426 e. The van der Waals surface area contributed by atoms with Crippen LogP contribution in [0, 0.1) is 0 Å². The van der Waals surface area contributed by atoms with E-state index in [1.807, 2.05) is 22.6 Å². The van der Waals surface area contributed by atoms with Crippen LogP contribution in [-0.2, 0) is 9.53 Å². The third kappa shape index (κ3) is 8.09. The molecule has 0 fully saturated rings. The largest absolute Gasteiger partial charge is 0.438 e. The Labute approximate surface area is 97.1 Å². The summed E-state index contributed by atoms with van der Waals surface area (Å²) in [6, 6.07) is 0. The lowest BCUT2D eigenvalue weighted by molar-refractivity contribution is -0.122. The highest BCUT2D eigenvalue weighted by molar-refractivity contribution is 14.1. The van der Waals surface area contributed by atoms with E-state index in [4.69, 9.17) is 0 Å². The first kappa shape index (κ1) is 13.5. The monoisotopic (exact) mass is 314 g/mol. The van der Waals surface area contributed by atoms with Gasteiger partial charge in [-0.3, -0.25) is 10.2 Å². The molecule has 0 aromatic rings. The molecule has 5 nitrogen and oxygen atoms in total. The van der Waals surface area contributed by atoms with Crippen LogP contribution in [0.3, 0.4) is 0 Å². The molecule has 0 rings (SSSR count). The van der Waals surface area contributed by atoms with Crippen molar-refractivity contribution in [2.24, 2.45) is 0 Å². The van der Waals surface area contributed by atoms with E-state index in [0.29, 0.717) is 6.42 Å². The lowest BCUT2D eigenvalue weighted by Gasteiger charge is -2.05. The lowest BCUT2D eigenvalue weighted by Crippen LogP contribution is -2.41. The Bertz CT molecular complexity index is 187. The Morgan fingerprint density at radius 3 is 2.57 bits per heavy atom. The number of hydrogen-bond acceptors (Lipinski definition) is 3. The topological polar surface area (TPSA) is 67.4 Å². The minimum atomic E-state index is -0.636. The van der Waals surface area contributed by atoms with Crippen LogP contribution in [0.1, 0.15) is 32.6 Å². The Morgan fingerprint density at radius 2 is 2.00 bits per heavy atom. The fourth-order valence-electron chi connectivity index (χ4n) is 0.804. The van der Waals surface area contributed by atoms with Crippen molar-refractivity contribution in [1.82, 2.24) is 10.9 Å². The van der Waals surface area contributed by atoms with Gasteiger partial charge < -0.3 is 4.74 Å². The molecule has 0 aromatic carbocycles.